The number of fused-ring (bicyclic) bond motifs is 2. The number of epoxide rings is 2. The SMILES string of the molecule is O=C(O)CCCC(C[C@@H]1CC[C@@H]2O[C@@H]2C1)(C[C@@H]1CC[C@H]2O[C@@H]2C1)C(=O)O. The average Bonchev–Trinajstić information content (AvgIpc) is 3.48. The summed E-state index contributed by atoms with van der Waals surface area (Å²) in [6.07, 6.45) is 9.89. The van der Waals surface area contributed by atoms with Crippen LogP contribution in [-0.4, -0.2) is 46.6 Å². The molecule has 0 spiro atoms. The second-order valence-corrected chi connectivity index (χ2v) is 9.03. The van der Waals surface area contributed by atoms with Crippen LogP contribution in [0.1, 0.15) is 70.6 Å². The second-order valence-electron chi connectivity index (χ2n) is 9.03. The van der Waals surface area contributed by atoms with Crippen LogP contribution >= 0.6 is 0 Å². The third kappa shape index (κ3) is 4.06. The predicted molar refractivity (Wildman–Crippen MR) is 92.8 cm³/mol. The molecule has 0 radical (unpaired) electrons. The molecule has 0 aromatic rings. The molecule has 2 aliphatic carbocycles. The zero-order chi connectivity index (χ0) is 18.3. The third-order valence-electron chi connectivity index (χ3n) is 7.08. The van der Waals surface area contributed by atoms with E-state index >= 15 is 0 Å². The highest BCUT2D eigenvalue weighted by Crippen LogP contribution is 2.50. The zero-order valence-corrected chi connectivity index (χ0v) is 15.3. The van der Waals surface area contributed by atoms with Gasteiger partial charge >= 0.3 is 11.9 Å². The van der Waals surface area contributed by atoms with Gasteiger partial charge in [0, 0.05) is 6.42 Å². The van der Waals surface area contributed by atoms with Gasteiger partial charge in [-0.15, -0.1) is 0 Å². The molecule has 0 amide bonds. The summed E-state index contributed by atoms with van der Waals surface area (Å²) in [6, 6.07) is 0. The molecule has 4 aliphatic rings. The number of rotatable bonds is 9. The van der Waals surface area contributed by atoms with Gasteiger partial charge < -0.3 is 19.7 Å². The van der Waals surface area contributed by atoms with Crippen LogP contribution < -0.4 is 0 Å². The highest BCUT2D eigenvalue weighted by atomic mass is 16.6. The maximum absolute atomic E-state index is 12.4. The van der Waals surface area contributed by atoms with Crippen LogP contribution in [0, 0.1) is 17.3 Å². The molecule has 26 heavy (non-hydrogen) atoms. The Morgan fingerprint density at radius 1 is 0.846 bits per heavy atom. The van der Waals surface area contributed by atoms with Gasteiger partial charge in [0.2, 0.25) is 0 Å². The molecule has 2 N–H and O–H groups in total. The van der Waals surface area contributed by atoms with E-state index in [1.165, 1.54) is 0 Å². The third-order valence-corrected chi connectivity index (χ3v) is 7.08. The van der Waals surface area contributed by atoms with Gasteiger partial charge in [0.25, 0.3) is 0 Å². The minimum Gasteiger partial charge on any atom is -0.481 e. The summed E-state index contributed by atoms with van der Waals surface area (Å²) in [5, 5.41) is 19.2. The lowest BCUT2D eigenvalue weighted by Crippen LogP contribution is -2.37. The van der Waals surface area contributed by atoms with Crippen LogP contribution in [0.4, 0.5) is 0 Å². The van der Waals surface area contributed by atoms with E-state index < -0.39 is 17.4 Å². The van der Waals surface area contributed by atoms with E-state index in [-0.39, 0.29) is 6.42 Å². The first-order chi connectivity index (χ1) is 12.4. The zero-order valence-electron chi connectivity index (χ0n) is 15.3. The highest BCUT2D eigenvalue weighted by Gasteiger charge is 2.50. The molecule has 7 atom stereocenters. The molecule has 0 aromatic heterocycles. The number of hydrogen-bond acceptors (Lipinski definition) is 4. The molecule has 6 heteroatoms. The fraction of sp³-hybridized carbons (Fsp3) is 0.900. The molecular formula is C20H30O6. The van der Waals surface area contributed by atoms with Crippen LogP contribution in [0.5, 0.6) is 0 Å². The van der Waals surface area contributed by atoms with Gasteiger partial charge in [0.1, 0.15) is 0 Å². The van der Waals surface area contributed by atoms with Crippen molar-refractivity contribution in [3.63, 3.8) is 0 Å². The number of carboxylic acids is 2. The Hall–Kier alpha value is -1.14. The van der Waals surface area contributed by atoms with Crippen LogP contribution in [0.3, 0.4) is 0 Å². The summed E-state index contributed by atoms with van der Waals surface area (Å²) in [7, 11) is 0. The normalized spacial score (nSPS) is 40.0. The number of hydrogen-bond donors (Lipinski definition) is 2. The van der Waals surface area contributed by atoms with Crippen LogP contribution in [0.2, 0.25) is 0 Å². The van der Waals surface area contributed by atoms with Crippen molar-refractivity contribution in [2.24, 2.45) is 17.3 Å². The first kappa shape index (κ1) is 18.2. The van der Waals surface area contributed by atoms with Gasteiger partial charge in [-0.3, -0.25) is 9.59 Å². The van der Waals surface area contributed by atoms with Gasteiger partial charge in [-0.25, -0.2) is 0 Å². The lowest BCUT2D eigenvalue weighted by Gasteiger charge is -2.37. The first-order valence-corrected chi connectivity index (χ1v) is 10.2. The summed E-state index contributed by atoms with van der Waals surface area (Å²) >= 11 is 0. The monoisotopic (exact) mass is 366 g/mol. The Labute approximate surface area is 154 Å². The summed E-state index contributed by atoms with van der Waals surface area (Å²) < 4.78 is 11.2. The molecular weight excluding hydrogens is 336 g/mol. The molecule has 146 valence electrons. The van der Waals surface area contributed by atoms with Crippen LogP contribution in [-0.2, 0) is 19.1 Å². The molecule has 2 saturated heterocycles. The van der Waals surface area contributed by atoms with Gasteiger partial charge in [-0.05, 0) is 76.0 Å². The summed E-state index contributed by atoms with van der Waals surface area (Å²) in [5.41, 5.74) is -0.797. The Morgan fingerprint density at radius 2 is 1.38 bits per heavy atom. The fourth-order valence-corrected chi connectivity index (χ4v) is 5.60. The lowest BCUT2D eigenvalue weighted by molar-refractivity contribution is -0.153. The van der Waals surface area contributed by atoms with E-state index in [2.05, 4.69) is 0 Å². The number of aliphatic carboxylic acids is 2. The van der Waals surface area contributed by atoms with E-state index in [1.54, 1.807) is 0 Å². The molecule has 4 fully saturated rings. The smallest absolute Gasteiger partial charge is 0.309 e. The van der Waals surface area contributed by atoms with Gasteiger partial charge in [0.05, 0.1) is 29.8 Å². The Morgan fingerprint density at radius 3 is 1.81 bits per heavy atom. The van der Waals surface area contributed by atoms with E-state index in [4.69, 9.17) is 14.6 Å². The van der Waals surface area contributed by atoms with Crippen LogP contribution in [0.25, 0.3) is 0 Å². The van der Waals surface area contributed by atoms with Crippen molar-refractivity contribution in [1.29, 1.82) is 0 Å². The molecule has 0 bridgehead atoms. The van der Waals surface area contributed by atoms with Crippen molar-refractivity contribution in [3.8, 4) is 0 Å². The van der Waals surface area contributed by atoms with Crippen molar-refractivity contribution < 1.29 is 29.3 Å². The van der Waals surface area contributed by atoms with E-state index in [9.17, 15) is 14.7 Å². The van der Waals surface area contributed by atoms with Crippen molar-refractivity contribution >= 4 is 11.9 Å². The minimum atomic E-state index is -0.844. The quantitative estimate of drug-likeness (QED) is 0.608. The summed E-state index contributed by atoms with van der Waals surface area (Å²) in [4.78, 5) is 23.4. The predicted octanol–water partition coefficient (Wildman–Crippen LogP) is 3.23. The Kier molecular flexibility index (Phi) is 4.99. The van der Waals surface area contributed by atoms with E-state index in [1.807, 2.05) is 0 Å². The largest absolute Gasteiger partial charge is 0.481 e. The molecule has 0 aromatic carbocycles. The molecule has 2 saturated carbocycles. The van der Waals surface area contributed by atoms with Gasteiger partial charge in [-0.2, -0.15) is 0 Å². The minimum absolute atomic E-state index is 0.0476. The Bertz CT molecular complexity index is 531. The molecule has 1 unspecified atom stereocenters. The summed E-state index contributed by atoms with van der Waals surface area (Å²) in [5.74, 6) is -0.815. The van der Waals surface area contributed by atoms with Crippen molar-refractivity contribution in [2.75, 3.05) is 0 Å². The second kappa shape index (κ2) is 7.12. The van der Waals surface area contributed by atoms with E-state index in [0.29, 0.717) is 61.9 Å². The van der Waals surface area contributed by atoms with Crippen LogP contribution in [0.15, 0.2) is 0 Å². The van der Waals surface area contributed by atoms with Gasteiger partial charge in [-0.1, -0.05) is 0 Å². The van der Waals surface area contributed by atoms with Crippen molar-refractivity contribution in [3.05, 3.63) is 0 Å². The topological polar surface area (TPSA) is 99.7 Å². The van der Waals surface area contributed by atoms with Crippen molar-refractivity contribution in [1.82, 2.24) is 0 Å². The standard InChI is InChI=1S/C20H30O6/c21-18(22)2-1-7-20(19(23)24,10-12-3-5-14-16(8-12)25-14)11-13-4-6-15-17(9-13)26-15/h12-17H,1-11H2,(H,21,22)(H,23,24)/t12-,13-,14-,15+,16-,17-,20?/m1/s1. The highest BCUT2D eigenvalue weighted by molar-refractivity contribution is 5.75. The first-order valence-electron chi connectivity index (χ1n) is 10.2. The molecule has 6 nitrogen and oxygen atoms in total. The number of carboxylic acid groups (broad SMARTS) is 2. The van der Waals surface area contributed by atoms with Crippen molar-refractivity contribution in [2.45, 2.75) is 95.0 Å². The number of ether oxygens (including phenoxy) is 2. The average molecular weight is 366 g/mol. The van der Waals surface area contributed by atoms with E-state index in [0.717, 1.165) is 38.5 Å². The fourth-order valence-electron chi connectivity index (χ4n) is 5.60. The maximum atomic E-state index is 12.4. The maximum Gasteiger partial charge on any atom is 0.309 e. The van der Waals surface area contributed by atoms with Gasteiger partial charge in [0.15, 0.2) is 0 Å². The molecule has 4 rings (SSSR count). The Balaban J connectivity index is 1.44. The summed E-state index contributed by atoms with van der Waals surface area (Å²) in [6.45, 7) is 0. The number of carbonyl (C=O) groups is 2. The molecule has 2 heterocycles. The lowest BCUT2D eigenvalue weighted by atomic mass is 9.66. The molecule has 2 aliphatic heterocycles.